The number of esters is 1. The summed E-state index contributed by atoms with van der Waals surface area (Å²) in [4.78, 5) is 12.3. The minimum atomic E-state index is -4.80. The smallest absolute Gasteiger partial charge is 0.469 e. The minimum Gasteiger partial charge on any atom is -0.469 e. The summed E-state index contributed by atoms with van der Waals surface area (Å²) in [5, 5.41) is 4.17. The molecule has 2 bridgehead atoms. The van der Waals surface area contributed by atoms with E-state index in [0.29, 0.717) is 5.69 Å². The fraction of sp³-hybridized carbons (Fsp3) is 0.520. The highest BCUT2D eigenvalue weighted by Gasteiger charge is 2.52. The average molecular weight is 461 g/mol. The Hall–Kier alpha value is -2.77. The van der Waals surface area contributed by atoms with Crippen LogP contribution in [-0.4, -0.2) is 24.6 Å². The van der Waals surface area contributed by atoms with E-state index in [1.165, 1.54) is 19.2 Å². The van der Waals surface area contributed by atoms with E-state index in [1.54, 1.807) is 12.1 Å². The maximum atomic E-state index is 13.0. The van der Waals surface area contributed by atoms with Gasteiger partial charge >= 0.3 is 12.3 Å². The molecule has 0 amide bonds. The Morgan fingerprint density at radius 2 is 1.79 bits per heavy atom. The molecule has 4 fully saturated rings. The summed E-state index contributed by atoms with van der Waals surface area (Å²) in [5.41, 5.74) is 0.937. The van der Waals surface area contributed by atoms with Gasteiger partial charge < -0.3 is 14.0 Å². The van der Waals surface area contributed by atoms with Gasteiger partial charge in [0.25, 0.3) is 0 Å². The molecular formula is C25H26F3NO4. The van der Waals surface area contributed by atoms with Crippen LogP contribution in [0.4, 0.5) is 13.2 Å². The minimum absolute atomic E-state index is 0.0346. The van der Waals surface area contributed by atoms with Gasteiger partial charge in [-0.2, -0.15) is 0 Å². The van der Waals surface area contributed by atoms with Gasteiger partial charge in [-0.1, -0.05) is 29.4 Å². The fourth-order valence-electron chi connectivity index (χ4n) is 5.43. The number of alkyl halides is 3. The number of rotatable bonds is 6. The van der Waals surface area contributed by atoms with Crippen molar-refractivity contribution < 1.29 is 32.0 Å². The predicted octanol–water partition coefficient (Wildman–Crippen LogP) is 6.64. The zero-order chi connectivity index (χ0) is 23.3. The van der Waals surface area contributed by atoms with E-state index >= 15 is 0 Å². The third-order valence-corrected chi connectivity index (χ3v) is 7.60. The van der Waals surface area contributed by atoms with Crippen LogP contribution in [0.1, 0.15) is 68.6 Å². The van der Waals surface area contributed by atoms with Crippen LogP contribution in [-0.2, 0) is 9.53 Å². The van der Waals surface area contributed by atoms with Crippen LogP contribution in [0.2, 0.25) is 0 Å². The number of nitrogens with zero attached hydrogens (tertiary/aromatic N) is 1. The zero-order valence-corrected chi connectivity index (χ0v) is 18.4. The third kappa shape index (κ3) is 4.15. The van der Waals surface area contributed by atoms with Gasteiger partial charge in [0.15, 0.2) is 0 Å². The van der Waals surface area contributed by atoms with Gasteiger partial charge in [-0.25, -0.2) is 0 Å². The SMILES string of the molecule is COC(=O)C12CCC(C=Cc3c(-c4ccccc4OC(F)(F)F)noc3C3CC3)(CC1)CC2. The standard InChI is InChI=1S/C25H26F3NO4/c1-31-22(30)24-13-10-23(11-14-24,12-15-24)9-8-18-20(29-33-21(18)16-6-7-16)17-4-2-3-5-19(17)32-25(26,27)28/h2-5,8-9,16H,6-7,10-15H2,1H3. The van der Waals surface area contributed by atoms with Gasteiger partial charge in [0.1, 0.15) is 17.2 Å². The third-order valence-electron chi connectivity index (χ3n) is 7.60. The Balaban J connectivity index is 1.47. The number of fused-ring (bicyclic) bond motifs is 3. The van der Waals surface area contributed by atoms with Crippen molar-refractivity contribution in [2.75, 3.05) is 7.11 Å². The largest absolute Gasteiger partial charge is 0.573 e. The van der Waals surface area contributed by atoms with Crippen molar-refractivity contribution in [3.05, 3.63) is 41.7 Å². The second-order valence-electron chi connectivity index (χ2n) is 9.59. The number of para-hydroxylation sites is 1. The first-order valence-electron chi connectivity index (χ1n) is 11.4. The molecule has 0 saturated heterocycles. The van der Waals surface area contributed by atoms with E-state index < -0.39 is 6.36 Å². The highest BCUT2D eigenvalue weighted by molar-refractivity contribution is 5.78. The molecule has 1 aromatic carbocycles. The molecule has 6 rings (SSSR count). The van der Waals surface area contributed by atoms with Gasteiger partial charge in [-0.3, -0.25) is 4.79 Å². The van der Waals surface area contributed by atoms with E-state index in [1.807, 2.05) is 6.08 Å². The molecule has 5 nitrogen and oxygen atoms in total. The monoisotopic (exact) mass is 461 g/mol. The van der Waals surface area contributed by atoms with Crippen molar-refractivity contribution in [2.45, 2.75) is 63.6 Å². The van der Waals surface area contributed by atoms with Gasteiger partial charge in [0.2, 0.25) is 0 Å². The Bertz CT molecular complexity index is 1060. The normalized spacial score (nSPS) is 27.2. The molecule has 176 valence electrons. The molecule has 4 saturated carbocycles. The molecular weight excluding hydrogens is 435 g/mol. The lowest BCUT2D eigenvalue weighted by molar-refractivity contribution is -0.274. The number of hydrogen-bond donors (Lipinski definition) is 0. The van der Waals surface area contributed by atoms with Crippen molar-refractivity contribution in [1.29, 1.82) is 0 Å². The van der Waals surface area contributed by atoms with Crippen molar-refractivity contribution in [3.63, 3.8) is 0 Å². The Labute approximate surface area is 189 Å². The van der Waals surface area contributed by atoms with Gasteiger partial charge in [-0.05, 0) is 68.9 Å². The second kappa shape index (κ2) is 7.92. The van der Waals surface area contributed by atoms with Crippen LogP contribution in [0.25, 0.3) is 17.3 Å². The second-order valence-corrected chi connectivity index (χ2v) is 9.59. The Kier molecular flexibility index (Phi) is 5.29. The van der Waals surface area contributed by atoms with E-state index in [9.17, 15) is 18.0 Å². The van der Waals surface area contributed by atoms with Crippen LogP contribution < -0.4 is 4.74 Å². The molecule has 4 aliphatic rings. The number of allylic oxidation sites excluding steroid dienone is 1. The number of ether oxygens (including phenoxy) is 2. The molecule has 0 atom stereocenters. The summed E-state index contributed by atoms with van der Waals surface area (Å²) in [6, 6.07) is 6.01. The number of carbonyl (C=O) groups excluding carboxylic acids is 1. The number of hydrogen-bond acceptors (Lipinski definition) is 5. The summed E-state index contributed by atoms with van der Waals surface area (Å²) in [6.45, 7) is 0. The lowest BCUT2D eigenvalue weighted by Crippen LogP contribution is -2.45. The number of benzene rings is 1. The van der Waals surface area contributed by atoms with E-state index in [2.05, 4.69) is 16.0 Å². The highest BCUT2D eigenvalue weighted by Crippen LogP contribution is 2.58. The van der Waals surface area contributed by atoms with Crippen LogP contribution >= 0.6 is 0 Å². The van der Waals surface area contributed by atoms with Crippen molar-refractivity contribution in [2.24, 2.45) is 10.8 Å². The molecule has 0 N–H and O–H groups in total. The van der Waals surface area contributed by atoms with Crippen LogP contribution in [0.5, 0.6) is 5.75 Å². The molecule has 0 unspecified atom stereocenters. The van der Waals surface area contributed by atoms with Crippen molar-refractivity contribution in [1.82, 2.24) is 5.16 Å². The molecule has 8 heteroatoms. The number of methoxy groups -OCH3 is 1. The first-order valence-corrected chi connectivity index (χ1v) is 11.4. The summed E-state index contributed by atoms with van der Waals surface area (Å²) < 4.78 is 53.9. The topological polar surface area (TPSA) is 61.6 Å². The first-order chi connectivity index (χ1) is 15.7. The maximum Gasteiger partial charge on any atom is 0.573 e. The molecule has 1 aromatic heterocycles. The molecule has 0 spiro atoms. The highest BCUT2D eigenvalue weighted by atomic mass is 19.4. The molecule has 4 aliphatic carbocycles. The Morgan fingerprint density at radius 3 is 2.39 bits per heavy atom. The zero-order valence-electron chi connectivity index (χ0n) is 18.4. The summed E-state index contributed by atoms with van der Waals surface area (Å²) in [7, 11) is 1.45. The van der Waals surface area contributed by atoms with E-state index in [4.69, 9.17) is 9.26 Å². The summed E-state index contributed by atoms with van der Waals surface area (Å²) >= 11 is 0. The summed E-state index contributed by atoms with van der Waals surface area (Å²) in [5.74, 6) is 0.545. The molecule has 0 aliphatic heterocycles. The number of aromatic nitrogens is 1. The van der Waals surface area contributed by atoms with Crippen LogP contribution in [0.15, 0.2) is 34.9 Å². The number of halogens is 3. The average Bonchev–Trinajstić information content (AvgIpc) is 3.57. The number of carbonyl (C=O) groups is 1. The lowest BCUT2D eigenvalue weighted by Gasteiger charge is -2.50. The molecule has 33 heavy (non-hydrogen) atoms. The van der Waals surface area contributed by atoms with Crippen molar-refractivity contribution in [3.8, 4) is 17.0 Å². The molecule has 1 heterocycles. The predicted molar refractivity (Wildman–Crippen MR) is 114 cm³/mol. The van der Waals surface area contributed by atoms with Crippen LogP contribution in [0, 0.1) is 10.8 Å². The molecule has 0 radical (unpaired) electrons. The van der Waals surface area contributed by atoms with Crippen LogP contribution in [0.3, 0.4) is 0 Å². The lowest BCUT2D eigenvalue weighted by atomic mass is 9.53. The maximum absolute atomic E-state index is 13.0. The van der Waals surface area contributed by atoms with Gasteiger partial charge in [0, 0.05) is 17.0 Å². The Morgan fingerprint density at radius 1 is 1.12 bits per heavy atom. The fourth-order valence-corrected chi connectivity index (χ4v) is 5.43. The van der Waals surface area contributed by atoms with Gasteiger partial charge in [0.05, 0.1) is 12.5 Å². The summed E-state index contributed by atoms with van der Waals surface area (Å²) in [6.07, 6.45) is 6.30. The van der Waals surface area contributed by atoms with Gasteiger partial charge in [-0.15, -0.1) is 13.2 Å². The van der Waals surface area contributed by atoms with E-state index in [-0.39, 0.29) is 34.0 Å². The van der Waals surface area contributed by atoms with E-state index in [0.717, 1.165) is 62.7 Å². The first kappa shape index (κ1) is 22.0. The molecule has 2 aromatic rings. The quantitative estimate of drug-likeness (QED) is 0.451. The van der Waals surface area contributed by atoms with Crippen molar-refractivity contribution >= 4 is 12.0 Å².